The fourth-order valence-electron chi connectivity index (χ4n) is 3.17. The normalized spacial score (nSPS) is 17.4. The Balaban J connectivity index is 1.83. The third-order valence-corrected chi connectivity index (χ3v) is 4.81. The summed E-state index contributed by atoms with van der Waals surface area (Å²) < 4.78 is 0. The number of hydrogen-bond donors (Lipinski definition) is 1. The summed E-state index contributed by atoms with van der Waals surface area (Å²) in [5.41, 5.74) is 2.31. The summed E-state index contributed by atoms with van der Waals surface area (Å²) in [5, 5.41) is 10.1. The van der Waals surface area contributed by atoms with Crippen LogP contribution in [0, 0.1) is 5.92 Å². The molecule has 1 aliphatic rings. The maximum Gasteiger partial charge on any atom is 0.312 e. The first-order valence-corrected chi connectivity index (χ1v) is 8.23. The van der Waals surface area contributed by atoms with E-state index in [9.17, 15) is 14.7 Å². The third-order valence-electron chi connectivity index (χ3n) is 4.44. The number of carboxylic acids is 1. The lowest BCUT2D eigenvalue weighted by atomic mass is 9.99. The molecule has 2 aromatic rings. The Bertz CT molecular complexity index is 790. The first-order chi connectivity index (χ1) is 11.5. The summed E-state index contributed by atoms with van der Waals surface area (Å²) in [4.78, 5) is 26.0. The van der Waals surface area contributed by atoms with Crippen LogP contribution in [0.5, 0.6) is 0 Å². The third kappa shape index (κ3) is 3.02. The smallest absolute Gasteiger partial charge is 0.312 e. The number of rotatable bonds is 4. The van der Waals surface area contributed by atoms with Gasteiger partial charge in [-0.15, -0.1) is 0 Å². The van der Waals surface area contributed by atoms with Crippen molar-refractivity contribution in [1.29, 1.82) is 0 Å². The fourth-order valence-corrected chi connectivity index (χ4v) is 3.39. The lowest BCUT2D eigenvalue weighted by Gasteiger charge is -2.22. The van der Waals surface area contributed by atoms with Crippen LogP contribution >= 0.6 is 11.6 Å². The van der Waals surface area contributed by atoms with Gasteiger partial charge in [0.2, 0.25) is 5.91 Å². The van der Waals surface area contributed by atoms with Crippen molar-refractivity contribution in [2.75, 3.05) is 11.4 Å². The van der Waals surface area contributed by atoms with E-state index in [4.69, 9.17) is 11.6 Å². The predicted octanol–water partition coefficient (Wildman–Crippen LogP) is 3.73. The Morgan fingerprint density at radius 3 is 2.58 bits per heavy atom. The molecule has 0 bridgehead atoms. The van der Waals surface area contributed by atoms with Crippen LogP contribution in [0.3, 0.4) is 0 Å². The standard InChI is InChI=1S/C19H18ClNO3/c1-12(10-13-6-2-4-8-16(13)20)18(22)21-11-15(19(23)24)14-7-3-5-9-17(14)21/h2-9,12,15H,10-11H2,1H3,(H,23,24). The van der Waals surface area contributed by atoms with Gasteiger partial charge in [0.1, 0.15) is 5.92 Å². The predicted molar refractivity (Wildman–Crippen MR) is 93.5 cm³/mol. The molecule has 0 radical (unpaired) electrons. The molecule has 0 saturated carbocycles. The maximum atomic E-state index is 12.9. The fraction of sp³-hybridized carbons (Fsp3) is 0.263. The van der Waals surface area contributed by atoms with E-state index in [-0.39, 0.29) is 18.4 Å². The van der Waals surface area contributed by atoms with E-state index in [0.717, 1.165) is 5.56 Å². The van der Waals surface area contributed by atoms with Gasteiger partial charge in [-0.05, 0) is 29.7 Å². The molecule has 1 N–H and O–H groups in total. The minimum atomic E-state index is -0.906. The number of benzene rings is 2. The first-order valence-electron chi connectivity index (χ1n) is 7.85. The Hall–Kier alpha value is -2.33. The van der Waals surface area contributed by atoms with Gasteiger partial charge < -0.3 is 10.0 Å². The van der Waals surface area contributed by atoms with Gasteiger partial charge in [-0.25, -0.2) is 0 Å². The number of aliphatic carboxylic acids is 1. The van der Waals surface area contributed by atoms with Gasteiger partial charge in [0.25, 0.3) is 0 Å². The zero-order valence-electron chi connectivity index (χ0n) is 13.3. The van der Waals surface area contributed by atoms with E-state index in [1.165, 1.54) is 0 Å². The zero-order valence-corrected chi connectivity index (χ0v) is 14.0. The average Bonchev–Trinajstić information content (AvgIpc) is 2.96. The molecule has 24 heavy (non-hydrogen) atoms. The van der Waals surface area contributed by atoms with Gasteiger partial charge in [0, 0.05) is 23.2 Å². The van der Waals surface area contributed by atoms with E-state index in [1.54, 1.807) is 29.2 Å². The van der Waals surface area contributed by atoms with Gasteiger partial charge in [-0.1, -0.05) is 54.9 Å². The van der Waals surface area contributed by atoms with Crippen LogP contribution in [0.15, 0.2) is 48.5 Å². The largest absolute Gasteiger partial charge is 0.481 e. The van der Waals surface area contributed by atoms with E-state index in [2.05, 4.69) is 0 Å². The highest BCUT2D eigenvalue weighted by Gasteiger charge is 2.37. The van der Waals surface area contributed by atoms with Crippen LogP contribution in [-0.2, 0) is 16.0 Å². The molecule has 3 rings (SSSR count). The molecule has 0 aliphatic carbocycles. The molecule has 5 heteroatoms. The van der Waals surface area contributed by atoms with Gasteiger partial charge in [-0.3, -0.25) is 9.59 Å². The second-order valence-electron chi connectivity index (χ2n) is 6.10. The average molecular weight is 344 g/mol. The highest BCUT2D eigenvalue weighted by molar-refractivity contribution is 6.31. The summed E-state index contributed by atoms with van der Waals surface area (Å²) in [6.07, 6.45) is 0.523. The number of carboxylic acid groups (broad SMARTS) is 1. The summed E-state index contributed by atoms with van der Waals surface area (Å²) in [6.45, 7) is 2.03. The monoisotopic (exact) mass is 343 g/mol. The second-order valence-corrected chi connectivity index (χ2v) is 6.50. The van der Waals surface area contributed by atoms with Crippen molar-refractivity contribution in [3.05, 3.63) is 64.7 Å². The summed E-state index contributed by atoms with van der Waals surface area (Å²) in [5.74, 6) is -1.94. The Morgan fingerprint density at radius 1 is 1.21 bits per heavy atom. The van der Waals surface area contributed by atoms with Crippen molar-refractivity contribution in [3.63, 3.8) is 0 Å². The maximum absolute atomic E-state index is 12.9. The van der Waals surface area contributed by atoms with Crippen LogP contribution in [0.4, 0.5) is 5.69 Å². The number of hydrogen-bond acceptors (Lipinski definition) is 2. The molecule has 0 aromatic heterocycles. The lowest BCUT2D eigenvalue weighted by Crippen LogP contribution is -2.36. The van der Waals surface area contributed by atoms with Crippen molar-refractivity contribution in [2.24, 2.45) is 5.92 Å². The topological polar surface area (TPSA) is 57.6 Å². The minimum Gasteiger partial charge on any atom is -0.481 e. The van der Waals surface area contributed by atoms with Gasteiger partial charge >= 0.3 is 5.97 Å². The van der Waals surface area contributed by atoms with Crippen molar-refractivity contribution in [1.82, 2.24) is 0 Å². The van der Waals surface area contributed by atoms with Gasteiger partial charge in [-0.2, -0.15) is 0 Å². The van der Waals surface area contributed by atoms with Crippen LogP contribution in [0.25, 0.3) is 0 Å². The summed E-state index contributed by atoms with van der Waals surface area (Å²) in [6, 6.07) is 14.7. The highest BCUT2D eigenvalue weighted by Crippen LogP contribution is 2.37. The second kappa shape index (κ2) is 6.65. The molecular formula is C19H18ClNO3. The van der Waals surface area contributed by atoms with E-state index < -0.39 is 11.9 Å². The van der Waals surface area contributed by atoms with Crippen molar-refractivity contribution in [2.45, 2.75) is 19.3 Å². The Morgan fingerprint density at radius 2 is 1.88 bits per heavy atom. The molecule has 2 aromatic carbocycles. The number of carbonyl (C=O) groups is 2. The Kier molecular flexibility index (Phi) is 4.58. The quantitative estimate of drug-likeness (QED) is 0.920. The van der Waals surface area contributed by atoms with Crippen LogP contribution in [0.2, 0.25) is 5.02 Å². The van der Waals surface area contributed by atoms with Crippen LogP contribution < -0.4 is 4.90 Å². The number of anilines is 1. The molecule has 0 saturated heterocycles. The van der Waals surface area contributed by atoms with Gasteiger partial charge in [0.15, 0.2) is 0 Å². The van der Waals surface area contributed by atoms with Crippen molar-refractivity contribution < 1.29 is 14.7 Å². The number of amides is 1. The minimum absolute atomic E-state index is 0.0777. The molecule has 2 unspecified atom stereocenters. The number of nitrogens with zero attached hydrogens (tertiary/aromatic N) is 1. The van der Waals surface area contributed by atoms with Crippen LogP contribution in [-0.4, -0.2) is 23.5 Å². The zero-order chi connectivity index (χ0) is 17.3. The molecule has 4 nitrogen and oxygen atoms in total. The molecule has 1 aliphatic heterocycles. The molecule has 124 valence electrons. The van der Waals surface area contributed by atoms with Crippen molar-refractivity contribution >= 4 is 29.2 Å². The highest BCUT2D eigenvalue weighted by atomic mass is 35.5. The summed E-state index contributed by atoms with van der Waals surface area (Å²) >= 11 is 6.18. The molecule has 1 amide bonds. The van der Waals surface area contributed by atoms with E-state index >= 15 is 0 Å². The number of halogens is 1. The number of carbonyl (C=O) groups excluding carboxylic acids is 1. The number of fused-ring (bicyclic) bond motifs is 1. The molecule has 0 fully saturated rings. The molecule has 2 atom stereocenters. The Labute approximate surface area is 145 Å². The SMILES string of the molecule is CC(Cc1ccccc1Cl)C(=O)N1CC(C(=O)O)c2ccccc21. The molecule has 0 spiro atoms. The van der Waals surface area contributed by atoms with E-state index in [1.807, 2.05) is 31.2 Å². The van der Waals surface area contributed by atoms with E-state index in [0.29, 0.717) is 22.7 Å². The number of para-hydroxylation sites is 1. The summed E-state index contributed by atoms with van der Waals surface area (Å²) in [7, 11) is 0. The first kappa shape index (κ1) is 16.5. The molecular weight excluding hydrogens is 326 g/mol. The lowest BCUT2D eigenvalue weighted by molar-refractivity contribution is -0.138. The van der Waals surface area contributed by atoms with Crippen molar-refractivity contribution in [3.8, 4) is 0 Å². The molecule has 1 heterocycles. The van der Waals surface area contributed by atoms with Gasteiger partial charge in [0.05, 0.1) is 0 Å². The van der Waals surface area contributed by atoms with Crippen LogP contribution in [0.1, 0.15) is 24.0 Å².